The van der Waals surface area contributed by atoms with Gasteiger partial charge in [0.1, 0.15) is 23.3 Å². The van der Waals surface area contributed by atoms with Gasteiger partial charge < -0.3 is 18.9 Å². The molecule has 4 rings (SSSR count). The van der Waals surface area contributed by atoms with Crippen LogP contribution in [0.2, 0.25) is 0 Å². The van der Waals surface area contributed by atoms with Gasteiger partial charge in [0.2, 0.25) is 0 Å². The molecule has 1 aromatic heterocycles. The van der Waals surface area contributed by atoms with Crippen LogP contribution in [0.15, 0.2) is 63.5 Å². The van der Waals surface area contributed by atoms with E-state index in [1.807, 2.05) is 38.1 Å². The van der Waals surface area contributed by atoms with E-state index in [1.54, 1.807) is 56.9 Å². The minimum Gasteiger partial charge on any atom is -0.497 e. The highest BCUT2D eigenvalue weighted by Crippen LogP contribution is 2.36. The number of rotatable bonds is 8. The number of methoxy groups -OCH3 is 2. The summed E-state index contributed by atoms with van der Waals surface area (Å²) >= 11 is 1.24. The second-order valence-electron chi connectivity index (χ2n) is 8.61. The Labute approximate surface area is 219 Å². The third kappa shape index (κ3) is 5.17. The number of ether oxygens (including phenoxy) is 4. The van der Waals surface area contributed by atoms with Gasteiger partial charge in [-0.15, -0.1) is 0 Å². The summed E-state index contributed by atoms with van der Waals surface area (Å²) in [7, 11) is 3.15. The molecular weight excluding hydrogens is 492 g/mol. The first-order valence-electron chi connectivity index (χ1n) is 12.0. The van der Waals surface area contributed by atoms with Crippen LogP contribution < -0.4 is 29.1 Å². The minimum absolute atomic E-state index is 0.103. The van der Waals surface area contributed by atoms with Crippen molar-refractivity contribution in [1.82, 2.24) is 4.57 Å². The summed E-state index contributed by atoms with van der Waals surface area (Å²) in [6, 6.07) is 12.0. The van der Waals surface area contributed by atoms with Crippen molar-refractivity contribution in [2.24, 2.45) is 4.99 Å². The summed E-state index contributed by atoms with van der Waals surface area (Å²) in [5.74, 6) is 1.31. The molecule has 3 aromatic rings. The molecule has 0 amide bonds. The van der Waals surface area contributed by atoms with Crippen molar-refractivity contribution in [3.05, 3.63) is 84.5 Å². The number of carbonyl (C=O) groups excluding carboxylic acids is 1. The fourth-order valence-electron chi connectivity index (χ4n) is 4.25. The van der Waals surface area contributed by atoms with Crippen molar-refractivity contribution in [1.29, 1.82) is 0 Å². The zero-order valence-electron chi connectivity index (χ0n) is 21.7. The lowest BCUT2D eigenvalue weighted by Crippen LogP contribution is -2.40. The van der Waals surface area contributed by atoms with Gasteiger partial charge in [-0.1, -0.05) is 29.5 Å². The van der Waals surface area contributed by atoms with Gasteiger partial charge in [-0.05, 0) is 58.0 Å². The summed E-state index contributed by atoms with van der Waals surface area (Å²) in [4.78, 5) is 32.2. The average Bonchev–Trinajstić information content (AvgIpc) is 3.17. The zero-order chi connectivity index (χ0) is 26.7. The number of benzene rings is 2. The van der Waals surface area contributed by atoms with Gasteiger partial charge >= 0.3 is 5.97 Å². The lowest BCUT2D eigenvalue weighted by Gasteiger charge is -2.26. The standard InChI is InChI=1S/C28H30N2O6S/c1-7-35-27(32)24-17(4)29-28-30(25(24)20-10-8-9-11-22(20)36-16(2)3)26(31)23(37-28)15-18-14-19(33-5)12-13-21(18)34-6/h8-16,25H,7H2,1-6H3/b23-15-. The maximum Gasteiger partial charge on any atom is 0.338 e. The highest BCUT2D eigenvalue weighted by molar-refractivity contribution is 7.07. The van der Waals surface area contributed by atoms with Crippen LogP contribution in [0.25, 0.3) is 6.08 Å². The number of hydrogen-bond donors (Lipinski definition) is 0. The van der Waals surface area contributed by atoms with Crippen LogP contribution in [-0.4, -0.2) is 37.5 Å². The molecule has 0 spiro atoms. The van der Waals surface area contributed by atoms with Crippen LogP contribution in [-0.2, 0) is 9.53 Å². The van der Waals surface area contributed by atoms with E-state index in [-0.39, 0.29) is 18.3 Å². The van der Waals surface area contributed by atoms with Crippen molar-refractivity contribution >= 4 is 23.4 Å². The van der Waals surface area contributed by atoms with Crippen LogP contribution >= 0.6 is 11.3 Å². The van der Waals surface area contributed by atoms with E-state index < -0.39 is 12.0 Å². The number of esters is 1. The summed E-state index contributed by atoms with van der Waals surface area (Å²) in [5, 5.41) is 0. The third-order valence-corrected chi connectivity index (χ3v) is 6.80. The summed E-state index contributed by atoms with van der Waals surface area (Å²) in [5.41, 5.74) is 1.88. The molecule has 1 aliphatic heterocycles. The summed E-state index contributed by atoms with van der Waals surface area (Å²) in [6.07, 6.45) is 1.65. The molecule has 0 radical (unpaired) electrons. The minimum atomic E-state index is -0.764. The number of aromatic nitrogens is 1. The van der Waals surface area contributed by atoms with Crippen molar-refractivity contribution in [3.63, 3.8) is 0 Å². The Bertz CT molecular complexity index is 1530. The summed E-state index contributed by atoms with van der Waals surface area (Å²) in [6.45, 7) is 7.56. The number of hydrogen-bond acceptors (Lipinski definition) is 8. The molecule has 0 bridgehead atoms. The zero-order valence-corrected chi connectivity index (χ0v) is 22.5. The van der Waals surface area contributed by atoms with E-state index in [2.05, 4.69) is 4.99 Å². The first kappa shape index (κ1) is 26.2. The first-order chi connectivity index (χ1) is 17.8. The van der Waals surface area contributed by atoms with Crippen molar-refractivity contribution in [3.8, 4) is 17.2 Å². The quantitative estimate of drug-likeness (QED) is 0.420. The fraction of sp³-hybridized carbons (Fsp3) is 0.321. The number of carbonyl (C=O) groups is 1. The van der Waals surface area contributed by atoms with Crippen LogP contribution in [0.5, 0.6) is 17.2 Å². The number of allylic oxidation sites excluding steroid dienone is 1. The molecule has 0 saturated heterocycles. The second kappa shape index (κ2) is 11.0. The lowest BCUT2D eigenvalue weighted by atomic mass is 9.95. The Morgan fingerprint density at radius 2 is 1.89 bits per heavy atom. The molecular formula is C28H30N2O6S. The number of fused-ring (bicyclic) bond motifs is 1. The van der Waals surface area contributed by atoms with Crippen molar-refractivity contribution < 1.29 is 23.7 Å². The van der Waals surface area contributed by atoms with Gasteiger partial charge in [0, 0.05) is 11.1 Å². The highest BCUT2D eigenvalue weighted by Gasteiger charge is 2.35. The molecule has 1 aliphatic rings. The first-order valence-corrected chi connectivity index (χ1v) is 12.8. The monoisotopic (exact) mass is 522 g/mol. The van der Waals surface area contributed by atoms with E-state index >= 15 is 0 Å². The Morgan fingerprint density at radius 3 is 2.57 bits per heavy atom. The molecule has 9 heteroatoms. The van der Waals surface area contributed by atoms with Crippen LogP contribution in [0.3, 0.4) is 0 Å². The van der Waals surface area contributed by atoms with E-state index in [0.29, 0.717) is 49.0 Å². The topological polar surface area (TPSA) is 88.4 Å². The Kier molecular flexibility index (Phi) is 7.83. The van der Waals surface area contributed by atoms with Gasteiger partial charge in [-0.2, -0.15) is 0 Å². The molecule has 0 saturated carbocycles. The molecule has 0 aliphatic carbocycles. The molecule has 2 aromatic carbocycles. The number of nitrogens with zero attached hydrogens (tertiary/aromatic N) is 2. The van der Waals surface area contributed by atoms with Gasteiger partial charge in [-0.3, -0.25) is 9.36 Å². The van der Waals surface area contributed by atoms with Gasteiger partial charge in [0.25, 0.3) is 5.56 Å². The Morgan fingerprint density at radius 1 is 1.14 bits per heavy atom. The Balaban J connectivity index is 2.00. The maximum atomic E-state index is 13.9. The SMILES string of the molecule is CCOC(=O)C1=C(C)N=c2s/c(=C\c3cc(OC)ccc3OC)c(=O)n2C1c1ccccc1OC(C)C. The fourth-order valence-corrected chi connectivity index (χ4v) is 5.28. The third-order valence-electron chi connectivity index (χ3n) is 5.82. The smallest absolute Gasteiger partial charge is 0.338 e. The van der Waals surface area contributed by atoms with Crippen LogP contribution in [0, 0.1) is 0 Å². The normalized spacial score (nSPS) is 15.3. The number of thiazole rings is 1. The molecule has 0 fully saturated rings. The van der Waals surface area contributed by atoms with Crippen LogP contribution in [0.4, 0.5) is 0 Å². The molecule has 1 unspecified atom stereocenters. The Hall–Kier alpha value is -3.85. The lowest BCUT2D eigenvalue weighted by molar-refractivity contribution is -0.139. The number of para-hydroxylation sites is 1. The van der Waals surface area contributed by atoms with E-state index in [0.717, 1.165) is 0 Å². The van der Waals surface area contributed by atoms with Gasteiger partial charge in [0.05, 0.1) is 42.7 Å². The molecule has 8 nitrogen and oxygen atoms in total. The molecule has 37 heavy (non-hydrogen) atoms. The average molecular weight is 523 g/mol. The molecule has 0 N–H and O–H groups in total. The molecule has 2 heterocycles. The van der Waals surface area contributed by atoms with Crippen molar-refractivity contribution in [2.45, 2.75) is 39.8 Å². The van der Waals surface area contributed by atoms with Gasteiger partial charge in [0.15, 0.2) is 4.80 Å². The predicted octanol–water partition coefficient (Wildman–Crippen LogP) is 3.60. The predicted molar refractivity (Wildman–Crippen MR) is 142 cm³/mol. The molecule has 194 valence electrons. The maximum absolute atomic E-state index is 13.9. The van der Waals surface area contributed by atoms with Gasteiger partial charge in [-0.25, -0.2) is 9.79 Å². The van der Waals surface area contributed by atoms with Crippen molar-refractivity contribution in [2.75, 3.05) is 20.8 Å². The van der Waals surface area contributed by atoms with E-state index in [9.17, 15) is 9.59 Å². The van der Waals surface area contributed by atoms with E-state index in [4.69, 9.17) is 18.9 Å². The second-order valence-corrected chi connectivity index (χ2v) is 9.62. The summed E-state index contributed by atoms with van der Waals surface area (Å²) < 4.78 is 24.3. The largest absolute Gasteiger partial charge is 0.497 e. The highest BCUT2D eigenvalue weighted by atomic mass is 32.1. The van der Waals surface area contributed by atoms with E-state index in [1.165, 1.54) is 11.3 Å². The van der Waals surface area contributed by atoms with Crippen LogP contribution in [0.1, 0.15) is 44.9 Å². The molecule has 1 atom stereocenters.